The fourth-order valence-corrected chi connectivity index (χ4v) is 4.64. The highest BCUT2D eigenvalue weighted by Crippen LogP contribution is 2.65. The minimum absolute atomic E-state index is 0.0193. The highest BCUT2D eigenvalue weighted by Gasteiger charge is 2.68. The number of hydrogen-bond donors (Lipinski definition) is 1. The van der Waals surface area contributed by atoms with Crippen molar-refractivity contribution in [3.8, 4) is 0 Å². The largest absolute Gasteiger partial charge is 0.393 e. The lowest BCUT2D eigenvalue weighted by Gasteiger charge is -2.34. The highest BCUT2D eigenvalue weighted by atomic mass is 16.6. The van der Waals surface area contributed by atoms with E-state index >= 15 is 0 Å². The third-order valence-corrected chi connectivity index (χ3v) is 5.24. The van der Waals surface area contributed by atoms with Crippen LogP contribution < -0.4 is 0 Å². The van der Waals surface area contributed by atoms with Crippen LogP contribution in [-0.4, -0.2) is 23.4 Å². The standard InChI is InChI=1S/C11H16O2/c1-4-5-2-7(10(4)12)9-6(5)3-8-11(9)13-8/h4-12H,2-3H2,1H3. The Balaban J connectivity index is 1.73. The summed E-state index contributed by atoms with van der Waals surface area (Å²) in [6.07, 6.45) is 3.71. The van der Waals surface area contributed by atoms with E-state index in [1.54, 1.807) is 0 Å². The molecule has 4 rings (SSSR count). The summed E-state index contributed by atoms with van der Waals surface area (Å²) in [7, 11) is 0. The van der Waals surface area contributed by atoms with E-state index in [1.807, 2.05) is 0 Å². The van der Waals surface area contributed by atoms with E-state index in [-0.39, 0.29) is 6.10 Å². The minimum Gasteiger partial charge on any atom is -0.393 e. The molecule has 0 aromatic carbocycles. The van der Waals surface area contributed by atoms with Gasteiger partial charge in [-0.25, -0.2) is 0 Å². The van der Waals surface area contributed by atoms with Crippen molar-refractivity contribution in [3.05, 3.63) is 0 Å². The molecule has 8 atom stereocenters. The zero-order chi connectivity index (χ0) is 8.74. The van der Waals surface area contributed by atoms with E-state index in [4.69, 9.17) is 4.74 Å². The molecule has 8 unspecified atom stereocenters. The molecule has 13 heavy (non-hydrogen) atoms. The number of hydrogen-bond acceptors (Lipinski definition) is 2. The highest BCUT2D eigenvalue weighted by molar-refractivity contribution is 5.15. The third-order valence-electron chi connectivity index (χ3n) is 5.24. The van der Waals surface area contributed by atoms with Crippen molar-refractivity contribution in [1.82, 2.24) is 0 Å². The predicted molar refractivity (Wildman–Crippen MR) is 47.0 cm³/mol. The molecule has 4 fully saturated rings. The van der Waals surface area contributed by atoms with Gasteiger partial charge in [-0.05, 0) is 42.4 Å². The van der Waals surface area contributed by atoms with Gasteiger partial charge in [0.2, 0.25) is 0 Å². The Morgan fingerprint density at radius 2 is 2.00 bits per heavy atom. The molecule has 4 aliphatic rings. The van der Waals surface area contributed by atoms with Gasteiger partial charge in [-0.3, -0.25) is 0 Å². The summed E-state index contributed by atoms with van der Waals surface area (Å²) < 4.78 is 5.59. The lowest BCUT2D eigenvalue weighted by Crippen LogP contribution is -2.37. The number of aliphatic hydroxyl groups is 1. The van der Waals surface area contributed by atoms with Gasteiger partial charge in [0.05, 0.1) is 18.3 Å². The zero-order valence-corrected chi connectivity index (χ0v) is 7.89. The molecule has 2 nitrogen and oxygen atoms in total. The maximum absolute atomic E-state index is 10.0. The summed E-state index contributed by atoms with van der Waals surface area (Å²) in [5.74, 6) is 3.61. The van der Waals surface area contributed by atoms with E-state index in [1.165, 1.54) is 12.8 Å². The summed E-state index contributed by atoms with van der Waals surface area (Å²) in [5.41, 5.74) is 0. The van der Waals surface area contributed by atoms with Crippen molar-refractivity contribution >= 4 is 0 Å². The van der Waals surface area contributed by atoms with Gasteiger partial charge in [-0.15, -0.1) is 0 Å². The summed E-state index contributed by atoms with van der Waals surface area (Å²) in [6, 6.07) is 0. The number of rotatable bonds is 0. The molecule has 2 heteroatoms. The molecular formula is C11H16O2. The molecule has 1 aliphatic heterocycles. The molecule has 1 N–H and O–H groups in total. The van der Waals surface area contributed by atoms with Gasteiger partial charge in [0, 0.05) is 0 Å². The predicted octanol–water partition coefficient (Wildman–Crippen LogP) is 1.04. The van der Waals surface area contributed by atoms with Crippen molar-refractivity contribution in [2.45, 2.75) is 38.1 Å². The second-order valence-electron chi connectivity index (χ2n) is 5.53. The van der Waals surface area contributed by atoms with Crippen molar-refractivity contribution in [1.29, 1.82) is 0 Å². The van der Waals surface area contributed by atoms with Gasteiger partial charge in [0.1, 0.15) is 0 Å². The van der Waals surface area contributed by atoms with Gasteiger partial charge >= 0.3 is 0 Å². The van der Waals surface area contributed by atoms with Crippen LogP contribution in [0.2, 0.25) is 0 Å². The molecule has 1 heterocycles. The van der Waals surface area contributed by atoms with Gasteiger partial charge in [-0.1, -0.05) is 6.92 Å². The fourth-order valence-electron chi connectivity index (χ4n) is 4.64. The molecule has 0 spiro atoms. The molecule has 1 saturated heterocycles. The van der Waals surface area contributed by atoms with Crippen LogP contribution in [0.5, 0.6) is 0 Å². The summed E-state index contributed by atoms with van der Waals surface area (Å²) in [4.78, 5) is 0. The van der Waals surface area contributed by atoms with Crippen LogP contribution in [0.25, 0.3) is 0 Å². The Morgan fingerprint density at radius 3 is 2.85 bits per heavy atom. The smallest absolute Gasteiger partial charge is 0.0876 e. The van der Waals surface area contributed by atoms with E-state index in [2.05, 4.69) is 6.92 Å². The quantitative estimate of drug-likeness (QED) is 0.565. The lowest BCUT2D eigenvalue weighted by molar-refractivity contribution is -0.00107. The van der Waals surface area contributed by atoms with Crippen LogP contribution in [0.15, 0.2) is 0 Å². The Morgan fingerprint density at radius 1 is 1.15 bits per heavy atom. The van der Waals surface area contributed by atoms with E-state index < -0.39 is 0 Å². The molecule has 0 radical (unpaired) electrons. The van der Waals surface area contributed by atoms with E-state index in [9.17, 15) is 5.11 Å². The first kappa shape index (κ1) is 7.24. The second kappa shape index (κ2) is 1.96. The average Bonchev–Trinajstić information content (AvgIpc) is 2.53. The molecule has 3 aliphatic carbocycles. The molecule has 2 bridgehead atoms. The molecule has 72 valence electrons. The maximum Gasteiger partial charge on any atom is 0.0876 e. The van der Waals surface area contributed by atoms with Gasteiger partial charge < -0.3 is 9.84 Å². The second-order valence-corrected chi connectivity index (χ2v) is 5.53. The van der Waals surface area contributed by atoms with Crippen LogP contribution >= 0.6 is 0 Å². The number of aliphatic hydroxyl groups excluding tert-OH is 1. The Hall–Kier alpha value is -0.0800. The summed E-state index contributed by atoms with van der Waals surface area (Å²) >= 11 is 0. The van der Waals surface area contributed by atoms with Crippen LogP contribution in [-0.2, 0) is 4.74 Å². The Bertz CT molecular complexity index is 265. The first-order valence-electron chi connectivity index (χ1n) is 5.61. The number of ether oxygens (including phenoxy) is 1. The van der Waals surface area contributed by atoms with Crippen LogP contribution in [0.3, 0.4) is 0 Å². The maximum atomic E-state index is 10.0. The molecule has 0 amide bonds. The first-order valence-corrected chi connectivity index (χ1v) is 5.61. The van der Waals surface area contributed by atoms with Crippen LogP contribution in [0, 0.1) is 29.6 Å². The van der Waals surface area contributed by atoms with Gasteiger partial charge in [0.25, 0.3) is 0 Å². The van der Waals surface area contributed by atoms with Crippen molar-refractivity contribution < 1.29 is 9.84 Å². The van der Waals surface area contributed by atoms with Crippen LogP contribution in [0.4, 0.5) is 0 Å². The molecule has 0 aromatic rings. The van der Waals surface area contributed by atoms with Gasteiger partial charge in [-0.2, -0.15) is 0 Å². The SMILES string of the molecule is CC1C(O)C2CC1C1CC3OC3C21. The first-order chi connectivity index (χ1) is 6.27. The lowest BCUT2D eigenvalue weighted by atomic mass is 9.74. The number of epoxide rings is 1. The van der Waals surface area contributed by atoms with E-state index in [0.29, 0.717) is 24.0 Å². The molecule has 0 aromatic heterocycles. The zero-order valence-electron chi connectivity index (χ0n) is 7.89. The van der Waals surface area contributed by atoms with E-state index in [0.717, 1.165) is 17.8 Å². The fraction of sp³-hybridized carbons (Fsp3) is 1.00. The van der Waals surface area contributed by atoms with Crippen molar-refractivity contribution in [2.24, 2.45) is 29.6 Å². The average molecular weight is 180 g/mol. The summed E-state index contributed by atoms with van der Waals surface area (Å²) in [6.45, 7) is 2.23. The van der Waals surface area contributed by atoms with Crippen molar-refractivity contribution in [3.63, 3.8) is 0 Å². The van der Waals surface area contributed by atoms with Crippen LogP contribution in [0.1, 0.15) is 19.8 Å². The number of fused-ring (bicyclic) bond motifs is 7. The summed E-state index contributed by atoms with van der Waals surface area (Å²) in [5, 5.41) is 10.0. The Labute approximate surface area is 78.3 Å². The topological polar surface area (TPSA) is 32.8 Å². The normalized spacial score (nSPS) is 72.5. The van der Waals surface area contributed by atoms with Crippen molar-refractivity contribution in [2.75, 3.05) is 0 Å². The third kappa shape index (κ3) is 0.668. The minimum atomic E-state index is -0.0193. The van der Waals surface area contributed by atoms with Gasteiger partial charge in [0.15, 0.2) is 0 Å². The molecule has 3 saturated carbocycles. The molecular weight excluding hydrogens is 164 g/mol. The monoisotopic (exact) mass is 180 g/mol. The Kier molecular flexibility index (Phi) is 1.09.